The highest BCUT2D eigenvalue weighted by atomic mass is 15.1. The van der Waals surface area contributed by atoms with Crippen molar-refractivity contribution >= 4 is 17.1 Å². The van der Waals surface area contributed by atoms with Gasteiger partial charge >= 0.3 is 0 Å². The Morgan fingerprint density at radius 2 is 0.797 bits per heavy atom. The third-order valence-corrected chi connectivity index (χ3v) is 13.0. The van der Waals surface area contributed by atoms with Gasteiger partial charge < -0.3 is 4.90 Å². The Morgan fingerprint density at radius 1 is 0.322 bits per heavy atom. The summed E-state index contributed by atoms with van der Waals surface area (Å²) in [6.07, 6.45) is 0. The summed E-state index contributed by atoms with van der Waals surface area (Å²) in [6, 6.07) is 83.0. The van der Waals surface area contributed by atoms with Crippen molar-refractivity contribution in [2.45, 2.75) is 24.7 Å². The summed E-state index contributed by atoms with van der Waals surface area (Å²) in [6.45, 7) is 4.74. The van der Waals surface area contributed by atoms with E-state index in [4.69, 9.17) is 0 Å². The molecule has 59 heavy (non-hydrogen) atoms. The standard InChI is InChI=1S/C58H43N/c1-57(2)50-32-16-12-28-45(50)46-38-37-43(39-53(46)57)59(54-35-18-14-27-44(54)40-21-6-3-7-22-40)55-36-19-15-29-47(55)48-31-20-34-52-56(48)49-30-13-17-33-51(49)58(52,41-23-8-4-9-24-41)42-25-10-5-11-26-42/h3-39H,1-2H3. The lowest BCUT2D eigenvalue weighted by Crippen LogP contribution is -2.28. The van der Waals surface area contributed by atoms with Crippen molar-refractivity contribution < 1.29 is 0 Å². The average molecular weight is 754 g/mol. The molecule has 11 rings (SSSR count). The zero-order valence-corrected chi connectivity index (χ0v) is 33.3. The first-order chi connectivity index (χ1) is 29.1. The molecule has 0 aromatic heterocycles. The number of para-hydroxylation sites is 2. The topological polar surface area (TPSA) is 3.24 Å². The van der Waals surface area contributed by atoms with Crippen molar-refractivity contribution in [1.29, 1.82) is 0 Å². The lowest BCUT2D eigenvalue weighted by molar-refractivity contribution is 0.660. The largest absolute Gasteiger partial charge is 0.309 e. The van der Waals surface area contributed by atoms with Crippen LogP contribution in [0, 0.1) is 0 Å². The maximum absolute atomic E-state index is 2.51. The van der Waals surface area contributed by atoms with Gasteiger partial charge in [-0.15, -0.1) is 0 Å². The van der Waals surface area contributed by atoms with E-state index >= 15 is 0 Å². The second-order valence-electron chi connectivity index (χ2n) is 16.4. The molecule has 0 amide bonds. The normalized spacial score (nSPS) is 13.9. The average Bonchev–Trinajstić information content (AvgIpc) is 3.73. The van der Waals surface area contributed by atoms with Gasteiger partial charge in [0.25, 0.3) is 0 Å². The van der Waals surface area contributed by atoms with Crippen molar-refractivity contribution in [1.82, 2.24) is 0 Å². The number of rotatable bonds is 7. The smallest absolute Gasteiger partial charge is 0.0713 e. The van der Waals surface area contributed by atoms with E-state index < -0.39 is 5.41 Å². The second-order valence-corrected chi connectivity index (χ2v) is 16.4. The first-order valence-corrected chi connectivity index (χ1v) is 20.7. The van der Waals surface area contributed by atoms with Gasteiger partial charge in [0, 0.05) is 22.2 Å². The van der Waals surface area contributed by atoms with Gasteiger partial charge in [0.05, 0.1) is 16.8 Å². The fraction of sp³-hybridized carbons (Fsp3) is 0.0690. The molecule has 1 nitrogen and oxygen atoms in total. The van der Waals surface area contributed by atoms with Crippen LogP contribution in [0.3, 0.4) is 0 Å². The van der Waals surface area contributed by atoms with Gasteiger partial charge in [-0.3, -0.25) is 0 Å². The molecule has 9 aromatic rings. The molecular formula is C58H43N. The molecule has 0 N–H and O–H groups in total. The fourth-order valence-electron chi connectivity index (χ4n) is 10.4. The van der Waals surface area contributed by atoms with Gasteiger partial charge in [-0.25, -0.2) is 0 Å². The van der Waals surface area contributed by atoms with Crippen LogP contribution in [0.2, 0.25) is 0 Å². The van der Waals surface area contributed by atoms with Crippen molar-refractivity contribution in [2.24, 2.45) is 0 Å². The summed E-state index contributed by atoms with van der Waals surface area (Å²) < 4.78 is 0. The molecule has 2 aliphatic carbocycles. The lowest BCUT2D eigenvalue weighted by Gasteiger charge is -2.34. The van der Waals surface area contributed by atoms with Crippen LogP contribution in [-0.4, -0.2) is 0 Å². The third-order valence-electron chi connectivity index (χ3n) is 13.0. The summed E-state index contributed by atoms with van der Waals surface area (Å²) in [5.41, 5.74) is 20.6. The summed E-state index contributed by atoms with van der Waals surface area (Å²) in [5.74, 6) is 0. The monoisotopic (exact) mass is 753 g/mol. The number of nitrogens with zero attached hydrogens (tertiary/aromatic N) is 1. The number of anilines is 3. The molecule has 0 bridgehead atoms. The number of fused-ring (bicyclic) bond motifs is 6. The Kier molecular flexibility index (Phi) is 8.13. The number of benzene rings is 9. The Balaban J connectivity index is 1.19. The van der Waals surface area contributed by atoms with Gasteiger partial charge in [-0.1, -0.05) is 214 Å². The minimum absolute atomic E-state index is 0.145. The fourth-order valence-corrected chi connectivity index (χ4v) is 10.4. The van der Waals surface area contributed by atoms with Gasteiger partial charge in [-0.05, 0) is 91.0 Å². The van der Waals surface area contributed by atoms with E-state index in [1.54, 1.807) is 0 Å². The number of hydrogen-bond acceptors (Lipinski definition) is 1. The molecule has 1 heteroatoms. The van der Waals surface area contributed by atoms with Gasteiger partial charge in [0.1, 0.15) is 0 Å². The summed E-state index contributed by atoms with van der Waals surface area (Å²) in [5, 5.41) is 0. The molecule has 0 saturated heterocycles. The van der Waals surface area contributed by atoms with E-state index in [2.05, 4.69) is 243 Å². The molecule has 0 heterocycles. The van der Waals surface area contributed by atoms with E-state index in [0.717, 1.165) is 17.1 Å². The summed E-state index contributed by atoms with van der Waals surface area (Å²) in [7, 11) is 0. The predicted octanol–water partition coefficient (Wildman–Crippen LogP) is 15.2. The van der Waals surface area contributed by atoms with Crippen LogP contribution >= 0.6 is 0 Å². The molecule has 0 spiro atoms. The molecule has 0 aliphatic heterocycles. The maximum Gasteiger partial charge on any atom is 0.0713 e. The van der Waals surface area contributed by atoms with Crippen LogP contribution in [0.4, 0.5) is 17.1 Å². The van der Waals surface area contributed by atoms with E-state index in [1.807, 2.05) is 0 Å². The predicted molar refractivity (Wildman–Crippen MR) is 247 cm³/mol. The molecule has 2 aliphatic rings. The van der Waals surface area contributed by atoms with Crippen LogP contribution in [0.5, 0.6) is 0 Å². The van der Waals surface area contributed by atoms with Crippen molar-refractivity contribution in [2.75, 3.05) is 4.90 Å². The Morgan fingerprint density at radius 3 is 1.47 bits per heavy atom. The van der Waals surface area contributed by atoms with Crippen LogP contribution in [0.25, 0.3) is 44.5 Å². The molecule has 9 aromatic carbocycles. The van der Waals surface area contributed by atoms with Crippen LogP contribution in [0.15, 0.2) is 224 Å². The highest BCUT2D eigenvalue weighted by Crippen LogP contribution is 2.59. The quantitative estimate of drug-likeness (QED) is 0.157. The van der Waals surface area contributed by atoms with E-state index in [9.17, 15) is 0 Å². The highest BCUT2D eigenvalue weighted by molar-refractivity contribution is 6.01. The lowest BCUT2D eigenvalue weighted by atomic mass is 9.67. The maximum atomic E-state index is 2.51. The van der Waals surface area contributed by atoms with Crippen molar-refractivity contribution in [3.63, 3.8) is 0 Å². The van der Waals surface area contributed by atoms with E-state index in [1.165, 1.54) is 77.9 Å². The first-order valence-electron chi connectivity index (χ1n) is 20.7. The molecule has 0 saturated carbocycles. The van der Waals surface area contributed by atoms with E-state index in [-0.39, 0.29) is 5.41 Å². The molecule has 0 radical (unpaired) electrons. The van der Waals surface area contributed by atoms with Gasteiger partial charge in [-0.2, -0.15) is 0 Å². The highest BCUT2D eigenvalue weighted by Gasteiger charge is 2.47. The Hall–Kier alpha value is -7.22. The second kappa shape index (κ2) is 13.7. The minimum atomic E-state index is -0.487. The minimum Gasteiger partial charge on any atom is -0.309 e. The molecular weight excluding hydrogens is 711 g/mol. The summed E-state index contributed by atoms with van der Waals surface area (Å²) >= 11 is 0. The molecule has 280 valence electrons. The van der Waals surface area contributed by atoms with Crippen molar-refractivity contribution in [3.8, 4) is 44.5 Å². The first kappa shape index (κ1) is 35.0. The van der Waals surface area contributed by atoms with Crippen LogP contribution in [0.1, 0.15) is 47.2 Å². The number of hydrogen-bond donors (Lipinski definition) is 0. The van der Waals surface area contributed by atoms with E-state index in [0.29, 0.717) is 0 Å². The molecule has 0 atom stereocenters. The Labute approximate surface area is 347 Å². The molecule has 0 fully saturated rings. The van der Waals surface area contributed by atoms with Crippen LogP contribution < -0.4 is 4.90 Å². The SMILES string of the molecule is CC1(C)c2ccccc2-c2ccc(N(c3ccccc3-c3ccccc3)c3ccccc3-c3cccc4c3-c3ccccc3C4(c3ccccc3)c3ccccc3)cc21. The zero-order valence-electron chi connectivity index (χ0n) is 33.3. The molecule has 0 unspecified atom stereocenters. The Bertz CT molecular complexity index is 2970. The summed E-state index contributed by atoms with van der Waals surface area (Å²) in [4.78, 5) is 2.51. The van der Waals surface area contributed by atoms with Gasteiger partial charge in [0.2, 0.25) is 0 Å². The zero-order chi connectivity index (χ0) is 39.6. The van der Waals surface area contributed by atoms with Crippen molar-refractivity contribution in [3.05, 3.63) is 258 Å². The van der Waals surface area contributed by atoms with Crippen LogP contribution in [-0.2, 0) is 10.8 Å². The third kappa shape index (κ3) is 5.25. The van der Waals surface area contributed by atoms with Gasteiger partial charge in [0.15, 0.2) is 0 Å².